The lowest BCUT2D eigenvalue weighted by Crippen LogP contribution is -2.41. The fourth-order valence-corrected chi connectivity index (χ4v) is 3.07. The molecule has 1 amide bonds. The summed E-state index contributed by atoms with van der Waals surface area (Å²) in [5.74, 6) is 0.478. The predicted octanol–water partition coefficient (Wildman–Crippen LogP) is 1.55. The molecule has 0 saturated carbocycles. The van der Waals surface area contributed by atoms with E-state index in [4.69, 9.17) is 0 Å². The molecule has 0 aliphatic carbocycles. The minimum Gasteiger partial charge on any atom is -0.335 e. The Morgan fingerprint density at radius 1 is 1.50 bits per heavy atom. The maximum Gasteiger partial charge on any atom is 0.227 e. The molecule has 2 aliphatic rings. The van der Waals surface area contributed by atoms with Crippen LogP contribution in [0.2, 0.25) is 0 Å². The zero-order chi connectivity index (χ0) is 12.5. The summed E-state index contributed by atoms with van der Waals surface area (Å²) in [5, 5.41) is 3.45. The molecule has 2 saturated heterocycles. The van der Waals surface area contributed by atoms with Gasteiger partial charge in [0.25, 0.3) is 0 Å². The van der Waals surface area contributed by atoms with E-state index >= 15 is 0 Å². The number of carbonyl (C=O) groups is 1. The van der Waals surface area contributed by atoms with E-state index in [-0.39, 0.29) is 11.8 Å². The SMILES string of the molecule is O=C1C2CCCNC2CN1Cc1ccc(Br)cn1. The van der Waals surface area contributed by atoms with Crippen molar-refractivity contribution in [3.63, 3.8) is 0 Å². The summed E-state index contributed by atoms with van der Waals surface area (Å²) in [5.41, 5.74) is 0.949. The zero-order valence-electron chi connectivity index (χ0n) is 10.1. The largest absolute Gasteiger partial charge is 0.335 e. The van der Waals surface area contributed by atoms with Crippen LogP contribution in [-0.4, -0.2) is 34.9 Å². The van der Waals surface area contributed by atoms with Gasteiger partial charge in [-0.3, -0.25) is 9.78 Å². The summed E-state index contributed by atoms with van der Waals surface area (Å²) in [7, 11) is 0. The number of nitrogens with zero attached hydrogens (tertiary/aromatic N) is 2. The maximum absolute atomic E-state index is 12.3. The number of pyridine rings is 1. The average molecular weight is 310 g/mol. The number of amides is 1. The van der Waals surface area contributed by atoms with Crippen LogP contribution in [0.4, 0.5) is 0 Å². The highest BCUT2D eigenvalue weighted by molar-refractivity contribution is 9.10. The van der Waals surface area contributed by atoms with Crippen molar-refractivity contribution < 1.29 is 4.79 Å². The summed E-state index contributed by atoms with van der Waals surface area (Å²) < 4.78 is 0.967. The molecular weight excluding hydrogens is 294 g/mol. The Kier molecular flexibility index (Phi) is 3.35. The molecular formula is C13H16BrN3O. The monoisotopic (exact) mass is 309 g/mol. The van der Waals surface area contributed by atoms with Crippen LogP contribution in [0, 0.1) is 5.92 Å². The molecule has 0 bridgehead atoms. The molecule has 0 radical (unpaired) electrons. The Morgan fingerprint density at radius 2 is 2.39 bits per heavy atom. The van der Waals surface area contributed by atoms with E-state index in [0.29, 0.717) is 12.6 Å². The smallest absolute Gasteiger partial charge is 0.227 e. The average Bonchev–Trinajstić information content (AvgIpc) is 2.70. The van der Waals surface area contributed by atoms with Gasteiger partial charge in [-0.1, -0.05) is 0 Å². The van der Waals surface area contributed by atoms with Crippen molar-refractivity contribution in [3.8, 4) is 0 Å². The number of halogens is 1. The minimum absolute atomic E-state index is 0.189. The first-order valence-corrected chi connectivity index (χ1v) is 7.16. The molecule has 2 unspecified atom stereocenters. The third kappa shape index (κ3) is 2.29. The van der Waals surface area contributed by atoms with Crippen molar-refractivity contribution in [1.29, 1.82) is 0 Å². The highest BCUT2D eigenvalue weighted by atomic mass is 79.9. The van der Waals surface area contributed by atoms with Crippen molar-refractivity contribution in [2.75, 3.05) is 13.1 Å². The first-order chi connectivity index (χ1) is 8.74. The van der Waals surface area contributed by atoms with Gasteiger partial charge in [0, 0.05) is 23.3 Å². The van der Waals surface area contributed by atoms with Crippen LogP contribution in [-0.2, 0) is 11.3 Å². The minimum atomic E-state index is 0.189. The number of aromatic nitrogens is 1. The summed E-state index contributed by atoms with van der Waals surface area (Å²) in [6, 6.07) is 4.28. The molecule has 2 aliphatic heterocycles. The summed E-state index contributed by atoms with van der Waals surface area (Å²) in [6.45, 7) is 2.49. The van der Waals surface area contributed by atoms with Gasteiger partial charge in [-0.15, -0.1) is 0 Å². The van der Waals surface area contributed by atoms with Gasteiger partial charge in [0.05, 0.1) is 18.2 Å². The third-order valence-corrected chi connectivity index (χ3v) is 4.24. The lowest BCUT2D eigenvalue weighted by molar-refractivity contribution is -0.132. The number of nitrogens with one attached hydrogen (secondary N) is 1. The Bertz CT molecular complexity index is 448. The number of hydrogen-bond donors (Lipinski definition) is 1. The van der Waals surface area contributed by atoms with Gasteiger partial charge in [0.1, 0.15) is 0 Å². The quantitative estimate of drug-likeness (QED) is 0.901. The molecule has 96 valence electrons. The third-order valence-electron chi connectivity index (χ3n) is 3.77. The number of piperidine rings is 1. The van der Waals surface area contributed by atoms with Crippen molar-refractivity contribution in [1.82, 2.24) is 15.2 Å². The van der Waals surface area contributed by atoms with Crippen LogP contribution in [0.3, 0.4) is 0 Å². The second-order valence-electron chi connectivity index (χ2n) is 5.00. The van der Waals surface area contributed by atoms with Crippen molar-refractivity contribution >= 4 is 21.8 Å². The van der Waals surface area contributed by atoms with Crippen molar-refractivity contribution in [3.05, 3.63) is 28.5 Å². The van der Waals surface area contributed by atoms with Crippen LogP contribution in [0.25, 0.3) is 0 Å². The molecule has 0 spiro atoms. The second-order valence-corrected chi connectivity index (χ2v) is 5.91. The van der Waals surface area contributed by atoms with E-state index in [1.54, 1.807) is 6.20 Å². The first-order valence-electron chi connectivity index (χ1n) is 6.36. The highest BCUT2D eigenvalue weighted by Crippen LogP contribution is 2.27. The van der Waals surface area contributed by atoms with E-state index in [9.17, 15) is 4.79 Å². The fraction of sp³-hybridized carbons (Fsp3) is 0.538. The Labute approximate surface area is 115 Å². The Balaban J connectivity index is 1.70. The van der Waals surface area contributed by atoms with E-state index in [2.05, 4.69) is 26.2 Å². The van der Waals surface area contributed by atoms with Gasteiger partial charge in [-0.25, -0.2) is 0 Å². The number of likely N-dealkylation sites (tertiary alicyclic amines) is 1. The van der Waals surface area contributed by atoms with Gasteiger partial charge in [0.2, 0.25) is 5.91 Å². The Morgan fingerprint density at radius 3 is 3.11 bits per heavy atom. The standard InChI is InChI=1S/C13H16BrN3O/c14-9-3-4-10(16-6-9)7-17-8-12-11(13(17)18)2-1-5-15-12/h3-4,6,11-12,15H,1-2,5,7-8H2. The molecule has 1 aromatic rings. The molecule has 0 aromatic carbocycles. The van der Waals surface area contributed by atoms with E-state index in [0.717, 1.165) is 36.1 Å². The Hall–Kier alpha value is -0.940. The van der Waals surface area contributed by atoms with Gasteiger partial charge in [-0.2, -0.15) is 0 Å². The van der Waals surface area contributed by atoms with E-state index in [1.807, 2.05) is 17.0 Å². The molecule has 1 N–H and O–H groups in total. The van der Waals surface area contributed by atoms with Gasteiger partial charge in [0.15, 0.2) is 0 Å². The molecule has 3 rings (SSSR count). The molecule has 2 atom stereocenters. The highest BCUT2D eigenvalue weighted by Gasteiger charge is 2.41. The molecule has 4 nitrogen and oxygen atoms in total. The van der Waals surface area contributed by atoms with Crippen LogP contribution < -0.4 is 5.32 Å². The normalized spacial score (nSPS) is 27.4. The van der Waals surface area contributed by atoms with Gasteiger partial charge < -0.3 is 10.2 Å². The van der Waals surface area contributed by atoms with Gasteiger partial charge >= 0.3 is 0 Å². The molecule has 18 heavy (non-hydrogen) atoms. The van der Waals surface area contributed by atoms with E-state index in [1.165, 1.54) is 0 Å². The first kappa shape index (κ1) is 12.1. The number of rotatable bonds is 2. The van der Waals surface area contributed by atoms with Gasteiger partial charge in [-0.05, 0) is 47.4 Å². The number of carbonyl (C=O) groups excluding carboxylic acids is 1. The number of hydrogen-bond acceptors (Lipinski definition) is 3. The lowest BCUT2D eigenvalue weighted by Gasteiger charge is -2.23. The lowest BCUT2D eigenvalue weighted by atomic mass is 9.94. The van der Waals surface area contributed by atoms with Crippen molar-refractivity contribution in [2.45, 2.75) is 25.4 Å². The molecule has 1 aromatic heterocycles. The fourth-order valence-electron chi connectivity index (χ4n) is 2.84. The van der Waals surface area contributed by atoms with Crippen LogP contribution in [0.5, 0.6) is 0 Å². The van der Waals surface area contributed by atoms with Crippen LogP contribution in [0.1, 0.15) is 18.5 Å². The van der Waals surface area contributed by atoms with Crippen molar-refractivity contribution in [2.24, 2.45) is 5.92 Å². The second kappa shape index (κ2) is 4.97. The zero-order valence-corrected chi connectivity index (χ0v) is 11.7. The predicted molar refractivity (Wildman–Crippen MR) is 71.9 cm³/mol. The molecule has 5 heteroatoms. The van der Waals surface area contributed by atoms with Crippen LogP contribution >= 0.6 is 15.9 Å². The van der Waals surface area contributed by atoms with Crippen LogP contribution in [0.15, 0.2) is 22.8 Å². The molecule has 2 fully saturated rings. The summed E-state index contributed by atoms with van der Waals surface area (Å²) >= 11 is 3.37. The number of fused-ring (bicyclic) bond motifs is 1. The van der Waals surface area contributed by atoms with E-state index < -0.39 is 0 Å². The maximum atomic E-state index is 12.3. The summed E-state index contributed by atoms with van der Waals surface area (Å²) in [6.07, 6.45) is 3.92. The summed E-state index contributed by atoms with van der Waals surface area (Å²) in [4.78, 5) is 18.5. The topological polar surface area (TPSA) is 45.2 Å². The molecule has 3 heterocycles.